The number of carbonyl (C=O) groups excluding carboxylic acids is 1. The Morgan fingerprint density at radius 2 is 1.90 bits per heavy atom. The highest BCUT2D eigenvalue weighted by Crippen LogP contribution is 2.17. The molecule has 0 fully saturated rings. The monoisotopic (exact) mass is 289 g/mol. The highest BCUT2D eigenvalue weighted by atomic mass is 19.1. The summed E-state index contributed by atoms with van der Waals surface area (Å²) in [7, 11) is 1.39. The molecule has 0 aliphatic carbocycles. The summed E-state index contributed by atoms with van der Waals surface area (Å²) in [5.41, 5.74) is 3.84. The van der Waals surface area contributed by atoms with Crippen molar-refractivity contribution in [2.45, 2.75) is 13.0 Å². The van der Waals surface area contributed by atoms with Crippen LogP contribution in [-0.4, -0.2) is 13.0 Å². The maximum absolute atomic E-state index is 13.5. The molecule has 0 aromatic heterocycles. The smallest absolute Gasteiger partial charge is 0.247 e. The third kappa shape index (κ3) is 4.57. The minimum atomic E-state index is -0.493. The molecule has 2 aromatic rings. The lowest BCUT2D eigenvalue weighted by Crippen LogP contribution is -2.25. The fourth-order valence-corrected chi connectivity index (χ4v) is 1.82. The first-order valence-electron chi connectivity index (χ1n) is 6.46. The summed E-state index contributed by atoms with van der Waals surface area (Å²) in [6, 6.07) is 13.9. The van der Waals surface area contributed by atoms with E-state index < -0.39 is 5.82 Å². The van der Waals surface area contributed by atoms with Gasteiger partial charge in [-0.25, -0.2) is 9.87 Å². The van der Waals surface area contributed by atoms with Crippen LogP contribution in [0.1, 0.15) is 11.1 Å². The first-order chi connectivity index (χ1) is 10.2. The molecular weight excluding hydrogens is 273 g/mol. The molecule has 110 valence electrons. The van der Waals surface area contributed by atoms with Crippen LogP contribution < -0.4 is 10.2 Å². The summed E-state index contributed by atoms with van der Waals surface area (Å²) in [5, 5.41) is 0. The van der Waals surface area contributed by atoms with E-state index in [2.05, 4.69) is 5.48 Å². The first-order valence-corrected chi connectivity index (χ1v) is 6.46. The predicted molar refractivity (Wildman–Crippen MR) is 76.0 cm³/mol. The minimum Gasteiger partial charge on any atom is -0.494 e. The molecule has 0 unspecified atom stereocenters. The van der Waals surface area contributed by atoms with Gasteiger partial charge in [0.1, 0.15) is 0 Å². The Labute approximate surface area is 122 Å². The fourth-order valence-electron chi connectivity index (χ4n) is 1.82. The number of hydrogen-bond donors (Lipinski definition) is 1. The van der Waals surface area contributed by atoms with Gasteiger partial charge in [-0.15, -0.1) is 0 Å². The number of hydroxylamine groups is 1. The molecule has 0 aliphatic rings. The fraction of sp³-hybridized carbons (Fsp3) is 0.188. The Balaban J connectivity index is 1.80. The standard InChI is InChI=1S/C16H16FNO3/c1-20-15-8-7-13(9-14(15)17)10-16(19)18-21-11-12-5-3-2-4-6-12/h2-9H,10-11H2,1H3,(H,18,19). The van der Waals surface area contributed by atoms with Crippen LogP contribution in [0.15, 0.2) is 48.5 Å². The van der Waals surface area contributed by atoms with E-state index in [0.717, 1.165) is 5.56 Å². The molecule has 2 aromatic carbocycles. The normalized spacial score (nSPS) is 10.2. The molecule has 1 N–H and O–H groups in total. The van der Waals surface area contributed by atoms with Crippen LogP contribution in [-0.2, 0) is 22.7 Å². The van der Waals surface area contributed by atoms with E-state index in [0.29, 0.717) is 5.56 Å². The number of carbonyl (C=O) groups is 1. The van der Waals surface area contributed by atoms with E-state index in [9.17, 15) is 9.18 Å². The van der Waals surface area contributed by atoms with Crippen LogP contribution in [0.4, 0.5) is 4.39 Å². The molecule has 4 nitrogen and oxygen atoms in total. The Morgan fingerprint density at radius 3 is 2.57 bits per heavy atom. The van der Waals surface area contributed by atoms with Crippen LogP contribution in [0.3, 0.4) is 0 Å². The Kier molecular flexibility index (Phi) is 5.29. The van der Waals surface area contributed by atoms with Crippen molar-refractivity contribution in [1.82, 2.24) is 5.48 Å². The lowest BCUT2D eigenvalue weighted by atomic mass is 10.1. The number of nitrogens with one attached hydrogen (secondary N) is 1. The van der Waals surface area contributed by atoms with Gasteiger partial charge >= 0.3 is 0 Å². The van der Waals surface area contributed by atoms with Gasteiger partial charge in [0.25, 0.3) is 0 Å². The topological polar surface area (TPSA) is 47.6 Å². The number of halogens is 1. The minimum absolute atomic E-state index is 0.0374. The van der Waals surface area contributed by atoms with E-state index in [4.69, 9.17) is 9.57 Å². The summed E-state index contributed by atoms with van der Waals surface area (Å²) >= 11 is 0. The third-order valence-electron chi connectivity index (χ3n) is 2.85. The molecule has 2 rings (SSSR count). The van der Waals surface area contributed by atoms with Crippen molar-refractivity contribution in [2.75, 3.05) is 7.11 Å². The van der Waals surface area contributed by atoms with E-state index in [1.54, 1.807) is 6.07 Å². The largest absolute Gasteiger partial charge is 0.494 e. The summed E-state index contributed by atoms with van der Waals surface area (Å²) in [6.45, 7) is 0.281. The van der Waals surface area contributed by atoms with Crippen molar-refractivity contribution in [1.29, 1.82) is 0 Å². The van der Waals surface area contributed by atoms with Gasteiger partial charge in [0.2, 0.25) is 5.91 Å². The van der Waals surface area contributed by atoms with E-state index in [1.807, 2.05) is 30.3 Å². The van der Waals surface area contributed by atoms with Crippen LogP contribution in [0.2, 0.25) is 0 Å². The molecular formula is C16H16FNO3. The van der Waals surface area contributed by atoms with Gasteiger partial charge in [0.15, 0.2) is 11.6 Å². The van der Waals surface area contributed by atoms with E-state index >= 15 is 0 Å². The highest BCUT2D eigenvalue weighted by Gasteiger charge is 2.07. The van der Waals surface area contributed by atoms with Gasteiger partial charge in [-0.3, -0.25) is 9.63 Å². The number of methoxy groups -OCH3 is 1. The molecule has 0 saturated heterocycles. The van der Waals surface area contributed by atoms with Gasteiger partial charge in [0.05, 0.1) is 20.1 Å². The van der Waals surface area contributed by atoms with Gasteiger partial charge in [-0.2, -0.15) is 0 Å². The lowest BCUT2D eigenvalue weighted by Gasteiger charge is -2.07. The van der Waals surface area contributed by atoms with Crippen molar-refractivity contribution >= 4 is 5.91 Å². The van der Waals surface area contributed by atoms with Crippen molar-refractivity contribution in [3.8, 4) is 5.75 Å². The summed E-state index contributed by atoms with van der Waals surface area (Å²) in [6.07, 6.45) is 0.0374. The quantitative estimate of drug-likeness (QED) is 0.832. The average molecular weight is 289 g/mol. The maximum atomic E-state index is 13.5. The zero-order valence-electron chi connectivity index (χ0n) is 11.6. The summed E-state index contributed by atoms with van der Waals surface area (Å²) in [5.74, 6) is -0.678. The molecule has 1 amide bonds. The van der Waals surface area contributed by atoms with Crippen molar-refractivity contribution < 1.29 is 18.8 Å². The van der Waals surface area contributed by atoms with Gasteiger partial charge in [-0.05, 0) is 23.3 Å². The van der Waals surface area contributed by atoms with E-state index in [-0.39, 0.29) is 24.7 Å². The number of hydrogen-bond acceptors (Lipinski definition) is 3. The molecule has 21 heavy (non-hydrogen) atoms. The second-order valence-corrected chi connectivity index (χ2v) is 4.45. The molecule has 0 saturated carbocycles. The van der Waals surface area contributed by atoms with Gasteiger partial charge in [-0.1, -0.05) is 36.4 Å². The van der Waals surface area contributed by atoms with E-state index in [1.165, 1.54) is 19.2 Å². The number of benzene rings is 2. The summed E-state index contributed by atoms with van der Waals surface area (Å²) in [4.78, 5) is 16.8. The van der Waals surface area contributed by atoms with Crippen LogP contribution >= 0.6 is 0 Å². The SMILES string of the molecule is COc1ccc(CC(=O)NOCc2ccccc2)cc1F. The number of amides is 1. The molecule has 0 heterocycles. The van der Waals surface area contributed by atoms with Crippen LogP contribution in [0.25, 0.3) is 0 Å². The number of rotatable bonds is 6. The lowest BCUT2D eigenvalue weighted by molar-refractivity contribution is -0.133. The molecule has 0 radical (unpaired) electrons. The van der Waals surface area contributed by atoms with Crippen LogP contribution in [0.5, 0.6) is 5.75 Å². The van der Waals surface area contributed by atoms with Crippen molar-refractivity contribution in [2.24, 2.45) is 0 Å². The number of ether oxygens (including phenoxy) is 1. The molecule has 5 heteroatoms. The maximum Gasteiger partial charge on any atom is 0.247 e. The molecule has 0 bridgehead atoms. The van der Waals surface area contributed by atoms with Gasteiger partial charge < -0.3 is 4.74 Å². The molecule has 0 atom stereocenters. The predicted octanol–water partition coefficient (Wildman–Crippen LogP) is 2.62. The van der Waals surface area contributed by atoms with Crippen molar-refractivity contribution in [3.05, 3.63) is 65.5 Å². The highest BCUT2D eigenvalue weighted by molar-refractivity contribution is 5.77. The second kappa shape index (κ2) is 7.40. The Morgan fingerprint density at radius 1 is 1.14 bits per heavy atom. The zero-order valence-corrected chi connectivity index (χ0v) is 11.6. The van der Waals surface area contributed by atoms with Gasteiger partial charge in [0, 0.05) is 0 Å². The first kappa shape index (κ1) is 15.0. The van der Waals surface area contributed by atoms with Crippen LogP contribution in [0, 0.1) is 5.82 Å². The average Bonchev–Trinajstić information content (AvgIpc) is 2.48. The summed E-state index contributed by atoms with van der Waals surface area (Å²) < 4.78 is 18.3. The molecule has 0 spiro atoms. The Hall–Kier alpha value is -2.40. The Bertz CT molecular complexity index is 602. The van der Waals surface area contributed by atoms with Crippen molar-refractivity contribution in [3.63, 3.8) is 0 Å². The zero-order chi connectivity index (χ0) is 15.1. The third-order valence-corrected chi connectivity index (χ3v) is 2.85. The molecule has 0 aliphatic heterocycles. The second-order valence-electron chi connectivity index (χ2n) is 4.45.